The van der Waals surface area contributed by atoms with Gasteiger partial charge in [-0.15, -0.1) is 0 Å². The Bertz CT molecular complexity index is 1020. The minimum atomic E-state index is -1.30. The minimum Gasteiger partial charge on any atom is -0.497 e. The Labute approximate surface area is 183 Å². The van der Waals surface area contributed by atoms with E-state index < -0.39 is 12.0 Å². The molecule has 154 valence electrons. The number of amides is 1. The van der Waals surface area contributed by atoms with Gasteiger partial charge in [-0.05, 0) is 41.5 Å². The van der Waals surface area contributed by atoms with Gasteiger partial charge in [0.15, 0.2) is 6.10 Å². The van der Waals surface area contributed by atoms with Gasteiger partial charge in [-0.3, -0.25) is 4.79 Å². The monoisotopic (exact) mass is 468 g/mol. The Morgan fingerprint density at radius 3 is 2.67 bits per heavy atom. The first-order valence-corrected chi connectivity index (χ1v) is 9.97. The molecule has 0 radical (unpaired) electrons. The lowest BCUT2D eigenvalue weighted by molar-refractivity contribution is -0.129. The van der Waals surface area contributed by atoms with Gasteiger partial charge in [-0.25, -0.2) is 5.43 Å². The molecule has 0 aliphatic heterocycles. The number of hydrazone groups is 1. The van der Waals surface area contributed by atoms with Crippen LogP contribution in [0.15, 0.2) is 82.4 Å². The zero-order chi connectivity index (χ0) is 21.3. The zero-order valence-corrected chi connectivity index (χ0v) is 17.9. The first-order valence-electron chi connectivity index (χ1n) is 9.18. The summed E-state index contributed by atoms with van der Waals surface area (Å²) in [4.78, 5) is 12.1. The maximum absolute atomic E-state index is 12.1. The summed E-state index contributed by atoms with van der Waals surface area (Å²) in [6.07, 6.45) is 0.148. The van der Waals surface area contributed by atoms with Crippen molar-refractivity contribution in [1.29, 1.82) is 0 Å². The van der Waals surface area contributed by atoms with E-state index in [2.05, 4.69) is 26.5 Å². The second-order valence-corrected chi connectivity index (χ2v) is 7.29. The first kappa shape index (κ1) is 21.5. The first-order chi connectivity index (χ1) is 14.6. The summed E-state index contributed by atoms with van der Waals surface area (Å²) in [5.41, 5.74) is 4.47. The van der Waals surface area contributed by atoms with E-state index in [0.29, 0.717) is 29.2 Å². The minimum absolute atomic E-state index is 0.367. The molecule has 3 aromatic rings. The van der Waals surface area contributed by atoms with Crippen LogP contribution in [0.3, 0.4) is 0 Å². The molecule has 0 spiro atoms. The number of hydrogen-bond donors (Lipinski definition) is 2. The highest BCUT2D eigenvalue weighted by atomic mass is 79.9. The number of carbonyl (C=O) groups excluding carboxylic acids is 1. The lowest BCUT2D eigenvalue weighted by Gasteiger charge is -2.11. The van der Waals surface area contributed by atoms with Gasteiger partial charge in [0.05, 0.1) is 13.3 Å². The van der Waals surface area contributed by atoms with Crippen LogP contribution in [0.5, 0.6) is 11.5 Å². The van der Waals surface area contributed by atoms with Crippen molar-refractivity contribution in [3.8, 4) is 11.5 Å². The van der Waals surface area contributed by atoms with Gasteiger partial charge in [0.25, 0.3) is 5.91 Å². The van der Waals surface area contributed by atoms with Gasteiger partial charge >= 0.3 is 0 Å². The van der Waals surface area contributed by atoms with E-state index in [9.17, 15) is 9.90 Å². The van der Waals surface area contributed by atoms with Crippen LogP contribution in [0.4, 0.5) is 0 Å². The Balaban J connectivity index is 1.69. The molecule has 0 saturated heterocycles. The lowest BCUT2D eigenvalue weighted by Crippen LogP contribution is -2.25. The Morgan fingerprint density at radius 2 is 1.93 bits per heavy atom. The molecular weight excluding hydrogens is 448 g/mol. The van der Waals surface area contributed by atoms with Crippen molar-refractivity contribution >= 4 is 28.1 Å². The highest BCUT2D eigenvalue weighted by molar-refractivity contribution is 9.10. The molecule has 3 aromatic carbocycles. The maximum atomic E-state index is 12.1. The molecule has 1 unspecified atom stereocenters. The van der Waals surface area contributed by atoms with Crippen LogP contribution >= 0.6 is 15.9 Å². The van der Waals surface area contributed by atoms with E-state index >= 15 is 0 Å². The van der Waals surface area contributed by atoms with Crippen LogP contribution in [0.1, 0.15) is 22.8 Å². The molecule has 0 heterocycles. The van der Waals surface area contributed by atoms with E-state index in [0.717, 1.165) is 10.0 Å². The van der Waals surface area contributed by atoms with Crippen LogP contribution in [-0.4, -0.2) is 24.3 Å². The smallest absolute Gasteiger partial charge is 0.273 e. The van der Waals surface area contributed by atoms with E-state index in [1.54, 1.807) is 49.6 Å². The molecule has 6 nitrogen and oxygen atoms in total. The molecule has 2 N–H and O–H groups in total. The van der Waals surface area contributed by atoms with Crippen molar-refractivity contribution in [1.82, 2.24) is 5.43 Å². The van der Waals surface area contributed by atoms with Crippen molar-refractivity contribution in [2.45, 2.75) is 12.7 Å². The second kappa shape index (κ2) is 10.6. The van der Waals surface area contributed by atoms with Crippen molar-refractivity contribution < 1.29 is 19.4 Å². The molecule has 0 aliphatic carbocycles. The fourth-order valence-electron chi connectivity index (χ4n) is 2.69. The number of benzene rings is 3. The van der Waals surface area contributed by atoms with E-state index in [1.165, 1.54) is 6.21 Å². The number of ether oxygens (including phenoxy) is 2. The number of methoxy groups -OCH3 is 1. The van der Waals surface area contributed by atoms with E-state index in [1.807, 2.05) is 30.3 Å². The van der Waals surface area contributed by atoms with Gasteiger partial charge in [-0.1, -0.05) is 58.4 Å². The van der Waals surface area contributed by atoms with Crippen LogP contribution < -0.4 is 14.9 Å². The predicted molar refractivity (Wildman–Crippen MR) is 119 cm³/mol. The van der Waals surface area contributed by atoms with Gasteiger partial charge in [0, 0.05) is 10.0 Å². The Kier molecular flexibility index (Phi) is 7.59. The van der Waals surface area contributed by atoms with Crippen molar-refractivity contribution in [2.75, 3.05) is 7.11 Å². The lowest BCUT2D eigenvalue weighted by atomic mass is 10.1. The maximum Gasteiger partial charge on any atom is 0.273 e. The molecule has 0 aromatic heterocycles. The van der Waals surface area contributed by atoms with Crippen molar-refractivity contribution in [3.63, 3.8) is 0 Å². The summed E-state index contributed by atoms with van der Waals surface area (Å²) in [5, 5.41) is 14.1. The average Bonchev–Trinajstić information content (AvgIpc) is 2.78. The van der Waals surface area contributed by atoms with Crippen molar-refractivity contribution in [2.24, 2.45) is 5.10 Å². The fraction of sp³-hybridized carbons (Fsp3) is 0.130. The molecular formula is C23H21BrN2O4. The Morgan fingerprint density at radius 1 is 1.13 bits per heavy atom. The molecule has 1 atom stereocenters. The number of aliphatic hydroxyl groups is 1. The summed E-state index contributed by atoms with van der Waals surface area (Å²) in [5.74, 6) is 0.580. The summed E-state index contributed by atoms with van der Waals surface area (Å²) in [7, 11) is 1.57. The van der Waals surface area contributed by atoms with E-state index in [4.69, 9.17) is 9.47 Å². The van der Waals surface area contributed by atoms with Gasteiger partial charge in [0.1, 0.15) is 18.1 Å². The van der Waals surface area contributed by atoms with Gasteiger partial charge in [-0.2, -0.15) is 5.10 Å². The van der Waals surface area contributed by atoms with Crippen LogP contribution in [-0.2, 0) is 11.4 Å². The number of rotatable bonds is 8. The highest BCUT2D eigenvalue weighted by Gasteiger charge is 2.16. The number of aliphatic hydroxyl groups excluding tert-OH is 1. The third kappa shape index (κ3) is 5.92. The van der Waals surface area contributed by atoms with Gasteiger partial charge in [0.2, 0.25) is 0 Å². The number of hydrogen-bond acceptors (Lipinski definition) is 5. The number of nitrogens with one attached hydrogen (secondary N) is 1. The topological polar surface area (TPSA) is 80.2 Å². The number of halogens is 1. The van der Waals surface area contributed by atoms with Crippen LogP contribution in [0.25, 0.3) is 0 Å². The fourth-order valence-corrected chi connectivity index (χ4v) is 3.13. The van der Waals surface area contributed by atoms with Crippen LogP contribution in [0.2, 0.25) is 0 Å². The molecule has 1 amide bonds. The van der Waals surface area contributed by atoms with Gasteiger partial charge < -0.3 is 14.6 Å². The number of nitrogens with zero attached hydrogens (tertiary/aromatic N) is 1. The molecule has 0 saturated carbocycles. The molecule has 30 heavy (non-hydrogen) atoms. The standard InChI is InChI=1S/C23H21BrN2O4/c1-29-20-10-11-21(30-15-16-6-5-9-19(24)12-16)18(13-20)14-25-26-23(28)22(27)17-7-3-2-4-8-17/h2-14,22,27H,15H2,1H3,(H,26,28)/b25-14+. The second-order valence-electron chi connectivity index (χ2n) is 6.37. The largest absolute Gasteiger partial charge is 0.497 e. The summed E-state index contributed by atoms with van der Waals surface area (Å²) in [6.45, 7) is 0.367. The average molecular weight is 469 g/mol. The third-order valence-corrected chi connectivity index (χ3v) is 4.74. The van der Waals surface area contributed by atoms with Crippen LogP contribution in [0, 0.1) is 0 Å². The quantitative estimate of drug-likeness (QED) is 0.383. The zero-order valence-electron chi connectivity index (χ0n) is 16.3. The number of carbonyl (C=O) groups is 1. The summed E-state index contributed by atoms with van der Waals surface area (Å²) >= 11 is 3.44. The SMILES string of the molecule is COc1ccc(OCc2cccc(Br)c2)c(/C=N/NC(=O)C(O)c2ccccc2)c1. The molecule has 0 fully saturated rings. The summed E-state index contributed by atoms with van der Waals surface area (Å²) in [6, 6.07) is 21.8. The van der Waals surface area contributed by atoms with Crippen molar-refractivity contribution in [3.05, 3.63) is 94.0 Å². The predicted octanol–water partition coefficient (Wildman–Crippen LogP) is 4.22. The molecule has 7 heteroatoms. The highest BCUT2D eigenvalue weighted by Crippen LogP contribution is 2.24. The molecule has 3 rings (SSSR count). The third-order valence-electron chi connectivity index (χ3n) is 4.24. The Hall–Kier alpha value is -3.16. The normalized spacial score (nSPS) is 11.8. The molecule has 0 bridgehead atoms. The summed E-state index contributed by atoms with van der Waals surface area (Å²) < 4.78 is 12.2. The molecule has 0 aliphatic rings. The van der Waals surface area contributed by atoms with E-state index in [-0.39, 0.29) is 0 Å².